The van der Waals surface area contributed by atoms with Gasteiger partial charge in [-0.15, -0.1) is 0 Å². The maximum atomic E-state index is 10.1. The van der Waals surface area contributed by atoms with Crippen molar-refractivity contribution in [2.75, 3.05) is 7.05 Å². The fraction of sp³-hybridized carbons (Fsp3) is 0.800. The Morgan fingerprint density at radius 2 is 2.50 bits per heavy atom. The summed E-state index contributed by atoms with van der Waals surface area (Å²) in [5.41, 5.74) is 0. The lowest BCUT2D eigenvalue weighted by molar-refractivity contribution is -0.138. The van der Waals surface area contributed by atoms with Gasteiger partial charge in [0.05, 0.1) is 5.92 Å². The fourth-order valence-corrected chi connectivity index (χ4v) is 0.787. The molecule has 0 radical (unpaired) electrons. The molecule has 1 fully saturated rings. The third-order valence-corrected chi connectivity index (χ3v) is 1.48. The summed E-state index contributed by atoms with van der Waals surface area (Å²) >= 11 is 0. The van der Waals surface area contributed by atoms with E-state index in [-0.39, 0.29) is 12.0 Å². The smallest absolute Gasteiger partial charge is 0.308 e. The Labute approximate surface area is 47.7 Å². The van der Waals surface area contributed by atoms with Crippen molar-refractivity contribution < 1.29 is 9.90 Å². The van der Waals surface area contributed by atoms with Crippen molar-refractivity contribution in [1.29, 1.82) is 0 Å². The molecule has 3 nitrogen and oxygen atoms in total. The molecule has 2 atom stereocenters. The van der Waals surface area contributed by atoms with E-state index < -0.39 is 5.97 Å². The summed E-state index contributed by atoms with van der Waals surface area (Å²) in [7, 11) is 1.79. The van der Waals surface area contributed by atoms with Crippen molar-refractivity contribution in [1.82, 2.24) is 5.32 Å². The highest BCUT2D eigenvalue weighted by Crippen LogP contribution is 2.29. The molecule has 0 aromatic rings. The molecule has 8 heavy (non-hydrogen) atoms. The first kappa shape index (κ1) is 5.56. The van der Waals surface area contributed by atoms with E-state index in [2.05, 4.69) is 5.32 Å². The molecule has 0 aromatic carbocycles. The predicted octanol–water partition coefficient (Wildman–Crippen LogP) is -0.321. The van der Waals surface area contributed by atoms with Crippen LogP contribution >= 0.6 is 0 Å². The molecular weight excluding hydrogens is 106 g/mol. The quantitative estimate of drug-likeness (QED) is 0.518. The summed E-state index contributed by atoms with van der Waals surface area (Å²) in [6, 6.07) is 0.243. The van der Waals surface area contributed by atoms with Crippen molar-refractivity contribution in [3.8, 4) is 0 Å². The summed E-state index contributed by atoms with van der Waals surface area (Å²) in [4.78, 5) is 10.1. The lowest BCUT2D eigenvalue weighted by Gasteiger charge is -1.88. The van der Waals surface area contributed by atoms with E-state index in [4.69, 9.17) is 5.11 Å². The number of carboxylic acids is 1. The molecule has 0 bridgehead atoms. The Morgan fingerprint density at radius 3 is 2.62 bits per heavy atom. The van der Waals surface area contributed by atoms with Gasteiger partial charge in [-0.2, -0.15) is 0 Å². The molecule has 0 spiro atoms. The maximum absolute atomic E-state index is 10.1. The third-order valence-electron chi connectivity index (χ3n) is 1.48. The molecule has 2 N–H and O–H groups in total. The van der Waals surface area contributed by atoms with E-state index >= 15 is 0 Å². The molecule has 1 aliphatic carbocycles. The molecule has 2 unspecified atom stereocenters. The Morgan fingerprint density at radius 1 is 1.88 bits per heavy atom. The van der Waals surface area contributed by atoms with Crippen LogP contribution in [0.3, 0.4) is 0 Å². The van der Waals surface area contributed by atoms with Crippen LogP contribution in [0.25, 0.3) is 0 Å². The van der Waals surface area contributed by atoms with Crippen molar-refractivity contribution in [3.63, 3.8) is 0 Å². The first-order chi connectivity index (χ1) is 3.75. The average molecular weight is 115 g/mol. The van der Waals surface area contributed by atoms with E-state index in [1.54, 1.807) is 7.05 Å². The molecule has 0 heterocycles. The molecule has 1 saturated carbocycles. The SMILES string of the molecule is CNC1CC1C(=O)O. The van der Waals surface area contributed by atoms with Gasteiger partial charge in [0, 0.05) is 6.04 Å². The first-order valence-corrected chi connectivity index (χ1v) is 2.65. The minimum absolute atomic E-state index is 0.111. The van der Waals surface area contributed by atoms with Gasteiger partial charge in [-0.05, 0) is 13.5 Å². The van der Waals surface area contributed by atoms with Gasteiger partial charge in [0.2, 0.25) is 0 Å². The van der Waals surface area contributed by atoms with E-state index in [0.29, 0.717) is 0 Å². The van der Waals surface area contributed by atoms with Crippen LogP contribution in [0, 0.1) is 5.92 Å². The normalized spacial score (nSPS) is 34.6. The van der Waals surface area contributed by atoms with Crippen LogP contribution in [-0.4, -0.2) is 24.2 Å². The highest BCUT2D eigenvalue weighted by atomic mass is 16.4. The Balaban J connectivity index is 2.26. The largest absolute Gasteiger partial charge is 0.481 e. The number of carbonyl (C=O) groups is 1. The highest BCUT2D eigenvalue weighted by Gasteiger charge is 2.41. The van der Waals surface area contributed by atoms with Crippen LogP contribution in [0.2, 0.25) is 0 Å². The van der Waals surface area contributed by atoms with Gasteiger partial charge in [-0.25, -0.2) is 0 Å². The molecule has 0 amide bonds. The zero-order valence-electron chi connectivity index (χ0n) is 4.72. The molecule has 0 aromatic heterocycles. The molecular formula is C5H9NO2. The molecule has 0 aliphatic heterocycles. The number of aliphatic carboxylic acids is 1. The third kappa shape index (κ3) is 0.816. The molecule has 0 saturated heterocycles. The molecule has 46 valence electrons. The van der Waals surface area contributed by atoms with Crippen molar-refractivity contribution in [2.45, 2.75) is 12.5 Å². The van der Waals surface area contributed by atoms with Crippen LogP contribution in [0.15, 0.2) is 0 Å². The Bertz CT molecular complexity index is 113. The molecule has 3 heteroatoms. The lowest BCUT2D eigenvalue weighted by atomic mass is 10.4. The second-order valence-corrected chi connectivity index (χ2v) is 2.08. The van der Waals surface area contributed by atoms with Gasteiger partial charge in [-0.3, -0.25) is 4.79 Å². The number of carboxylic acid groups (broad SMARTS) is 1. The van der Waals surface area contributed by atoms with Crippen LogP contribution in [0.4, 0.5) is 0 Å². The predicted molar refractivity (Wildman–Crippen MR) is 28.6 cm³/mol. The van der Waals surface area contributed by atoms with E-state index in [0.717, 1.165) is 6.42 Å². The Kier molecular flexibility index (Phi) is 1.21. The van der Waals surface area contributed by atoms with Gasteiger partial charge in [0.15, 0.2) is 0 Å². The van der Waals surface area contributed by atoms with Crippen LogP contribution in [0.1, 0.15) is 6.42 Å². The molecule has 1 aliphatic rings. The van der Waals surface area contributed by atoms with Crippen molar-refractivity contribution >= 4 is 5.97 Å². The Hall–Kier alpha value is -0.570. The second kappa shape index (κ2) is 1.74. The maximum Gasteiger partial charge on any atom is 0.308 e. The van der Waals surface area contributed by atoms with Crippen LogP contribution in [-0.2, 0) is 4.79 Å². The topological polar surface area (TPSA) is 49.3 Å². The van der Waals surface area contributed by atoms with Gasteiger partial charge in [0.1, 0.15) is 0 Å². The van der Waals surface area contributed by atoms with Crippen LogP contribution < -0.4 is 5.32 Å². The highest BCUT2D eigenvalue weighted by molar-refractivity contribution is 5.74. The number of hydrogen-bond donors (Lipinski definition) is 2. The van der Waals surface area contributed by atoms with Gasteiger partial charge in [-0.1, -0.05) is 0 Å². The second-order valence-electron chi connectivity index (χ2n) is 2.08. The van der Waals surface area contributed by atoms with Crippen molar-refractivity contribution in [2.24, 2.45) is 5.92 Å². The number of hydrogen-bond acceptors (Lipinski definition) is 2. The average Bonchev–Trinajstić information content (AvgIpc) is 2.42. The first-order valence-electron chi connectivity index (χ1n) is 2.65. The summed E-state index contributed by atoms with van der Waals surface area (Å²) in [5, 5.41) is 11.2. The minimum atomic E-state index is -0.677. The summed E-state index contributed by atoms with van der Waals surface area (Å²) in [5.74, 6) is -0.788. The van der Waals surface area contributed by atoms with E-state index in [1.165, 1.54) is 0 Å². The minimum Gasteiger partial charge on any atom is -0.481 e. The lowest BCUT2D eigenvalue weighted by Crippen LogP contribution is -2.14. The van der Waals surface area contributed by atoms with Gasteiger partial charge in [0.25, 0.3) is 0 Å². The van der Waals surface area contributed by atoms with E-state index in [9.17, 15) is 4.79 Å². The molecule has 1 rings (SSSR count). The number of nitrogens with one attached hydrogen (secondary N) is 1. The monoisotopic (exact) mass is 115 g/mol. The van der Waals surface area contributed by atoms with Gasteiger partial charge < -0.3 is 10.4 Å². The summed E-state index contributed by atoms with van der Waals surface area (Å²) in [6.07, 6.45) is 0.797. The zero-order chi connectivity index (χ0) is 6.15. The standard InChI is InChI=1S/C5H9NO2/c1-6-4-2-3(4)5(7)8/h3-4,6H,2H2,1H3,(H,7,8). The van der Waals surface area contributed by atoms with Crippen molar-refractivity contribution in [3.05, 3.63) is 0 Å². The summed E-state index contributed by atoms with van der Waals surface area (Å²) < 4.78 is 0. The zero-order valence-corrected chi connectivity index (χ0v) is 4.72. The number of rotatable bonds is 2. The fourth-order valence-electron chi connectivity index (χ4n) is 0.787. The van der Waals surface area contributed by atoms with Gasteiger partial charge >= 0.3 is 5.97 Å². The van der Waals surface area contributed by atoms with Crippen LogP contribution in [0.5, 0.6) is 0 Å². The summed E-state index contributed by atoms with van der Waals surface area (Å²) in [6.45, 7) is 0. The van der Waals surface area contributed by atoms with E-state index in [1.807, 2.05) is 0 Å².